The van der Waals surface area contributed by atoms with E-state index in [4.69, 9.17) is 5.73 Å². The van der Waals surface area contributed by atoms with E-state index in [2.05, 4.69) is 0 Å². The van der Waals surface area contributed by atoms with E-state index in [0.717, 1.165) is 6.07 Å². The predicted octanol–water partition coefficient (Wildman–Crippen LogP) is 2.50. The molecule has 2 aromatic carbocycles. The number of nitro groups is 1. The highest BCUT2D eigenvalue weighted by molar-refractivity contribution is 5.94. The van der Waals surface area contributed by atoms with E-state index in [-0.39, 0.29) is 11.3 Å². The number of nitro benzene ring substituents is 1. The molecule has 2 N–H and O–H groups in total. The van der Waals surface area contributed by atoms with Gasteiger partial charge in [-0.1, -0.05) is 12.1 Å². The molecule has 0 atom stereocenters. The third-order valence-electron chi connectivity index (χ3n) is 2.63. The lowest BCUT2D eigenvalue weighted by molar-refractivity contribution is -0.384. The largest absolute Gasteiger partial charge is 0.366 e. The van der Waals surface area contributed by atoms with Crippen molar-refractivity contribution in [1.82, 2.24) is 0 Å². The summed E-state index contributed by atoms with van der Waals surface area (Å²) in [4.78, 5) is 21.4. The molecule has 2 rings (SSSR count). The molecule has 0 spiro atoms. The van der Waals surface area contributed by atoms with Gasteiger partial charge >= 0.3 is 0 Å². The minimum Gasteiger partial charge on any atom is -0.366 e. The lowest BCUT2D eigenvalue weighted by atomic mass is 10.0. The number of carbonyl (C=O) groups is 1. The van der Waals surface area contributed by atoms with E-state index in [1.165, 1.54) is 36.4 Å². The summed E-state index contributed by atoms with van der Waals surface area (Å²) >= 11 is 0. The third-order valence-corrected chi connectivity index (χ3v) is 2.63. The van der Waals surface area contributed by atoms with Crippen LogP contribution in [0.25, 0.3) is 11.1 Å². The van der Waals surface area contributed by atoms with E-state index in [9.17, 15) is 19.3 Å². The zero-order valence-corrected chi connectivity index (χ0v) is 9.67. The standard InChI is InChI=1S/C13H9FN2O3/c14-10-4-1-8(2-5-10)11-6-3-9(13(15)17)7-12(11)16(18)19/h1-7H,(H2,15,17). The van der Waals surface area contributed by atoms with Crippen molar-refractivity contribution < 1.29 is 14.1 Å². The van der Waals surface area contributed by atoms with Gasteiger partial charge in [0.25, 0.3) is 5.69 Å². The van der Waals surface area contributed by atoms with E-state index >= 15 is 0 Å². The summed E-state index contributed by atoms with van der Waals surface area (Å²) in [5, 5.41) is 11.0. The second kappa shape index (κ2) is 4.85. The summed E-state index contributed by atoms with van der Waals surface area (Å²) in [6.07, 6.45) is 0. The van der Waals surface area contributed by atoms with Crippen LogP contribution in [0.15, 0.2) is 42.5 Å². The second-order valence-corrected chi connectivity index (χ2v) is 3.86. The quantitative estimate of drug-likeness (QED) is 0.679. The molecule has 0 aromatic heterocycles. The Labute approximate surface area is 107 Å². The molecule has 96 valence electrons. The van der Waals surface area contributed by atoms with Gasteiger partial charge in [0.1, 0.15) is 5.82 Å². The molecule has 0 bridgehead atoms. The van der Waals surface area contributed by atoms with E-state index < -0.39 is 16.6 Å². The van der Waals surface area contributed by atoms with Crippen LogP contribution < -0.4 is 5.73 Å². The molecule has 2 aromatic rings. The van der Waals surface area contributed by atoms with Gasteiger partial charge in [-0.2, -0.15) is 0 Å². The summed E-state index contributed by atoms with van der Waals surface area (Å²) in [5.74, 6) is -1.17. The van der Waals surface area contributed by atoms with Crippen LogP contribution in [0.4, 0.5) is 10.1 Å². The Balaban J connectivity index is 2.59. The minimum absolute atomic E-state index is 0.0533. The van der Waals surface area contributed by atoms with Crippen LogP contribution in [0.2, 0.25) is 0 Å². The molecule has 0 unspecified atom stereocenters. The monoisotopic (exact) mass is 260 g/mol. The number of benzene rings is 2. The molecule has 6 heteroatoms. The fourth-order valence-electron chi connectivity index (χ4n) is 1.71. The molecule has 1 amide bonds. The molecule has 0 fully saturated rings. The van der Waals surface area contributed by atoms with Crippen molar-refractivity contribution in [3.05, 3.63) is 64.0 Å². The Morgan fingerprint density at radius 2 is 1.79 bits per heavy atom. The maximum absolute atomic E-state index is 12.8. The van der Waals surface area contributed by atoms with Gasteiger partial charge in [0, 0.05) is 11.6 Å². The van der Waals surface area contributed by atoms with Crippen LogP contribution in [-0.2, 0) is 0 Å². The van der Waals surface area contributed by atoms with Crippen molar-refractivity contribution in [2.45, 2.75) is 0 Å². The van der Waals surface area contributed by atoms with Crippen molar-refractivity contribution in [1.29, 1.82) is 0 Å². The first-order chi connectivity index (χ1) is 8.99. The lowest BCUT2D eigenvalue weighted by Gasteiger charge is -2.04. The van der Waals surface area contributed by atoms with Crippen molar-refractivity contribution in [3.63, 3.8) is 0 Å². The van der Waals surface area contributed by atoms with Gasteiger partial charge in [-0.05, 0) is 29.8 Å². The topological polar surface area (TPSA) is 86.2 Å². The maximum atomic E-state index is 12.8. The first kappa shape index (κ1) is 12.7. The number of carbonyl (C=O) groups excluding carboxylic acids is 1. The molecular weight excluding hydrogens is 251 g/mol. The van der Waals surface area contributed by atoms with Crippen LogP contribution >= 0.6 is 0 Å². The van der Waals surface area contributed by atoms with Crippen molar-refractivity contribution in [2.75, 3.05) is 0 Å². The smallest absolute Gasteiger partial charge is 0.277 e. The van der Waals surface area contributed by atoms with E-state index in [1.807, 2.05) is 0 Å². The van der Waals surface area contributed by atoms with Crippen LogP contribution in [-0.4, -0.2) is 10.8 Å². The molecule has 0 radical (unpaired) electrons. The van der Waals surface area contributed by atoms with E-state index in [1.54, 1.807) is 0 Å². The first-order valence-corrected chi connectivity index (χ1v) is 5.33. The summed E-state index contributed by atoms with van der Waals surface area (Å²) in [5.41, 5.74) is 5.68. The lowest BCUT2D eigenvalue weighted by Crippen LogP contribution is -2.11. The number of primary amides is 1. The van der Waals surface area contributed by atoms with Crippen LogP contribution in [0.1, 0.15) is 10.4 Å². The average Bonchev–Trinajstić information content (AvgIpc) is 2.38. The predicted molar refractivity (Wildman–Crippen MR) is 67.0 cm³/mol. The van der Waals surface area contributed by atoms with E-state index in [0.29, 0.717) is 11.1 Å². The number of nitrogens with zero attached hydrogens (tertiary/aromatic N) is 1. The van der Waals surface area contributed by atoms with Gasteiger partial charge in [0.05, 0.1) is 10.5 Å². The maximum Gasteiger partial charge on any atom is 0.277 e. The summed E-state index contributed by atoms with van der Waals surface area (Å²) in [6, 6.07) is 9.21. The van der Waals surface area contributed by atoms with Gasteiger partial charge in [-0.3, -0.25) is 14.9 Å². The molecular formula is C13H9FN2O3. The number of rotatable bonds is 3. The number of halogens is 1. The van der Waals surface area contributed by atoms with Gasteiger partial charge in [0.2, 0.25) is 5.91 Å². The van der Waals surface area contributed by atoms with Crippen LogP contribution in [0.5, 0.6) is 0 Å². The molecule has 0 aliphatic rings. The number of amides is 1. The summed E-state index contributed by atoms with van der Waals surface area (Å²) in [7, 11) is 0. The summed E-state index contributed by atoms with van der Waals surface area (Å²) < 4.78 is 12.8. The molecule has 0 saturated carbocycles. The molecule has 0 aliphatic heterocycles. The Morgan fingerprint density at radius 3 is 2.32 bits per heavy atom. The van der Waals surface area contributed by atoms with Crippen molar-refractivity contribution in [3.8, 4) is 11.1 Å². The van der Waals surface area contributed by atoms with Crippen LogP contribution in [0, 0.1) is 15.9 Å². The van der Waals surface area contributed by atoms with Gasteiger partial charge in [-0.15, -0.1) is 0 Å². The van der Waals surface area contributed by atoms with Gasteiger partial charge in [-0.25, -0.2) is 4.39 Å². The normalized spacial score (nSPS) is 10.2. The highest BCUT2D eigenvalue weighted by Crippen LogP contribution is 2.30. The van der Waals surface area contributed by atoms with Crippen LogP contribution in [0.3, 0.4) is 0 Å². The number of hydrogen-bond acceptors (Lipinski definition) is 3. The molecule has 0 aliphatic carbocycles. The average molecular weight is 260 g/mol. The minimum atomic E-state index is -0.742. The Bertz CT molecular complexity index is 653. The second-order valence-electron chi connectivity index (χ2n) is 3.86. The van der Waals surface area contributed by atoms with Gasteiger partial charge < -0.3 is 5.73 Å². The Kier molecular flexibility index (Phi) is 3.24. The SMILES string of the molecule is NC(=O)c1ccc(-c2ccc(F)cc2)c([N+](=O)[O-])c1. The Morgan fingerprint density at radius 1 is 1.16 bits per heavy atom. The number of hydrogen-bond donors (Lipinski definition) is 1. The number of nitrogens with two attached hydrogens (primary N) is 1. The fourth-order valence-corrected chi connectivity index (χ4v) is 1.71. The fraction of sp³-hybridized carbons (Fsp3) is 0. The zero-order valence-electron chi connectivity index (χ0n) is 9.67. The highest BCUT2D eigenvalue weighted by Gasteiger charge is 2.17. The Hall–Kier alpha value is -2.76. The molecule has 19 heavy (non-hydrogen) atoms. The van der Waals surface area contributed by atoms with Gasteiger partial charge in [0.15, 0.2) is 0 Å². The van der Waals surface area contributed by atoms with Crippen molar-refractivity contribution in [2.24, 2.45) is 5.73 Å². The van der Waals surface area contributed by atoms with Crippen molar-refractivity contribution >= 4 is 11.6 Å². The summed E-state index contributed by atoms with van der Waals surface area (Å²) in [6.45, 7) is 0. The molecule has 0 saturated heterocycles. The third kappa shape index (κ3) is 2.57. The molecule has 5 nitrogen and oxygen atoms in total. The highest BCUT2D eigenvalue weighted by atomic mass is 19.1. The molecule has 0 heterocycles. The first-order valence-electron chi connectivity index (χ1n) is 5.33. The zero-order chi connectivity index (χ0) is 14.0.